The van der Waals surface area contributed by atoms with Crippen LogP contribution in [0.25, 0.3) is 0 Å². The molecular weight excluding hydrogens is 281 g/mol. The lowest BCUT2D eigenvalue weighted by molar-refractivity contribution is 0.549. The van der Waals surface area contributed by atoms with Gasteiger partial charge in [0.05, 0.1) is 5.02 Å². The summed E-state index contributed by atoms with van der Waals surface area (Å²) in [7, 11) is 0. The van der Waals surface area contributed by atoms with E-state index in [1.807, 2.05) is 17.8 Å². The van der Waals surface area contributed by atoms with Gasteiger partial charge in [-0.1, -0.05) is 31.5 Å². The number of nitrogens with one attached hydrogen (secondary N) is 1. The van der Waals surface area contributed by atoms with Crippen LogP contribution >= 0.6 is 23.4 Å². The normalized spacial score (nSPS) is 12.6. The van der Waals surface area contributed by atoms with Crippen LogP contribution < -0.4 is 5.32 Å². The summed E-state index contributed by atoms with van der Waals surface area (Å²) in [4.78, 5) is 0. The van der Waals surface area contributed by atoms with E-state index in [4.69, 9.17) is 11.6 Å². The van der Waals surface area contributed by atoms with Crippen molar-refractivity contribution in [2.75, 3.05) is 18.1 Å². The van der Waals surface area contributed by atoms with Crippen molar-refractivity contribution >= 4 is 23.4 Å². The first-order valence-electron chi connectivity index (χ1n) is 6.92. The molecule has 1 atom stereocenters. The molecule has 0 radical (unpaired) electrons. The fraction of sp³-hybridized carbons (Fsp3) is 0.600. The zero-order valence-corrected chi connectivity index (χ0v) is 13.3. The van der Waals surface area contributed by atoms with Crippen LogP contribution in [0.15, 0.2) is 18.2 Å². The van der Waals surface area contributed by atoms with Crippen LogP contribution in [0.4, 0.5) is 4.39 Å². The molecule has 4 heteroatoms. The zero-order valence-electron chi connectivity index (χ0n) is 11.7. The third kappa shape index (κ3) is 6.64. The standard InChI is InChI=1S/C15H23ClFNS/c1-3-7-18-13(11-19-8-4-2)9-12-5-6-15(17)14(16)10-12/h5-6,10,13,18H,3-4,7-9,11H2,1-2H3. The molecule has 0 spiro atoms. The molecule has 0 saturated heterocycles. The molecule has 0 heterocycles. The molecule has 0 aromatic heterocycles. The van der Waals surface area contributed by atoms with Gasteiger partial charge in [0.15, 0.2) is 0 Å². The van der Waals surface area contributed by atoms with Gasteiger partial charge >= 0.3 is 0 Å². The van der Waals surface area contributed by atoms with Crippen molar-refractivity contribution in [3.05, 3.63) is 34.6 Å². The lowest BCUT2D eigenvalue weighted by atomic mass is 10.1. The number of benzene rings is 1. The van der Waals surface area contributed by atoms with Crippen LogP contribution in [-0.2, 0) is 6.42 Å². The third-order valence-corrected chi connectivity index (χ3v) is 4.44. The van der Waals surface area contributed by atoms with Crippen LogP contribution in [0.5, 0.6) is 0 Å². The fourth-order valence-electron chi connectivity index (χ4n) is 1.86. The van der Waals surface area contributed by atoms with Crippen LogP contribution in [0, 0.1) is 5.82 Å². The Bertz CT molecular complexity index is 373. The van der Waals surface area contributed by atoms with E-state index in [1.54, 1.807) is 6.07 Å². The maximum Gasteiger partial charge on any atom is 0.141 e. The van der Waals surface area contributed by atoms with Gasteiger partial charge in [0.2, 0.25) is 0 Å². The summed E-state index contributed by atoms with van der Waals surface area (Å²) in [5.41, 5.74) is 1.09. The second-order valence-electron chi connectivity index (χ2n) is 4.68. The lowest BCUT2D eigenvalue weighted by Gasteiger charge is -2.18. The van der Waals surface area contributed by atoms with E-state index in [-0.39, 0.29) is 10.8 Å². The maximum atomic E-state index is 13.1. The van der Waals surface area contributed by atoms with Gasteiger partial charge in [0.25, 0.3) is 0 Å². The molecule has 0 fully saturated rings. The van der Waals surface area contributed by atoms with E-state index < -0.39 is 0 Å². The Hall–Kier alpha value is -0.250. The Morgan fingerprint density at radius 3 is 2.74 bits per heavy atom. The highest BCUT2D eigenvalue weighted by atomic mass is 35.5. The van der Waals surface area contributed by atoms with Gasteiger partial charge in [-0.25, -0.2) is 4.39 Å². The third-order valence-electron chi connectivity index (χ3n) is 2.82. The maximum absolute atomic E-state index is 13.1. The van der Waals surface area contributed by atoms with Gasteiger partial charge in [0, 0.05) is 11.8 Å². The molecule has 1 aromatic rings. The monoisotopic (exact) mass is 303 g/mol. The van der Waals surface area contributed by atoms with Gasteiger partial charge in [-0.05, 0) is 49.3 Å². The Balaban J connectivity index is 2.56. The molecular formula is C15H23ClFNS. The minimum absolute atomic E-state index is 0.216. The average Bonchev–Trinajstić information content (AvgIpc) is 2.40. The lowest BCUT2D eigenvalue weighted by Crippen LogP contribution is -2.34. The van der Waals surface area contributed by atoms with Crippen molar-refractivity contribution in [2.45, 2.75) is 39.2 Å². The SMILES string of the molecule is CCCNC(CSCCC)Cc1ccc(F)c(Cl)c1. The number of thioether (sulfide) groups is 1. The van der Waals surface area contributed by atoms with E-state index >= 15 is 0 Å². The van der Waals surface area contributed by atoms with Crippen molar-refractivity contribution in [1.29, 1.82) is 0 Å². The van der Waals surface area contributed by atoms with Crippen LogP contribution in [0.3, 0.4) is 0 Å². The molecule has 1 nitrogen and oxygen atoms in total. The van der Waals surface area contributed by atoms with Crippen LogP contribution in [-0.4, -0.2) is 24.1 Å². The number of hydrogen-bond donors (Lipinski definition) is 1. The first-order chi connectivity index (χ1) is 9.17. The molecule has 0 aliphatic heterocycles. The van der Waals surface area contributed by atoms with Gasteiger partial charge in [-0.2, -0.15) is 11.8 Å². The molecule has 1 N–H and O–H groups in total. The Morgan fingerprint density at radius 1 is 1.32 bits per heavy atom. The Morgan fingerprint density at radius 2 is 2.11 bits per heavy atom. The second-order valence-corrected chi connectivity index (χ2v) is 6.24. The summed E-state index contributed by atoms with van der Waals surface area (Å²) in [6, 6.07) is 5.44. The van der Waals surface area contributed by atoms with Crippen molar-refractivity contribution in [3.63, 3.8) is 0 Å². The molecule has 0 aliphatic carbocycles. The van der Waals surface area contributed by atoms with Gasteiger partial charge in [-0.15, -0.1) is 0 Å². The topological polar surface area (TPSA) is 12.0 Å². The predicted octanol–water partition coefficient (Wildman–Crippen LogP) is 4.53. The molecule has 0 aliphatic rings. The molecule has 1 rings (SSSR count). The number of hydrogen-bond acceptors (Lipinski definition) is 2. The highest BCUT2D eigenvalue weighted by molar-refractivity contribution is 7.99. The summed E-state index contributed by atoms with van der Waals surface area (Å²) in [5, 5.41) is 3.77. The second kappa shape index (κ2) is 9.62. The Labute approximate surface area is 125 Å². The molecule has 0 bridgehead atoms. The van der Waals surface area contributed by atoms with Crippen molar-refractivity contribution in [3.8, 4) is 0 Å². The van der Waals surface area contributed by atoms with Gasteiger partial charge in [-0.3, -0.25) is 0 Å². The minimum Gasteiger partial charge on any atom is -0.313 e. The van der Waals surface area contributed by atoms with E-state index in [9.17, 15) is 4.39 Å². The molecule has 1 aromatic carbocycles. The van der Waals surface area contributed by atoms with Crippen molar-refractivity contribution in [1.82, 2.24) is 5.32 Å². The molecule has 0 saturated carbocycles. The minimum atomic E-state index is -0.344. The van der Waals surface area contributed by atoms with Crippen molar-refractivity contribution in [2.24, 2.45) is 0 Å². The first-order valence-corrected chi connectivity index (χ1v) is 8.45. The predicted molar refractivity (Wildman–Crippen MR) is 84.8 cm³/mol. The summed E-state index contributed by atoms with van der Waals surface area (Å²) >= 11 is 7.80. The molecule has 19 heavy (non-hydrogen) atoms. The van der Waals surface area contributed by atoms with E-state index in [2.05, 4.69) is 19.2 Å². The zero-order chi connectivity index (χ0) is 14.1. The summed E-state index contributed by atoms with van der Waals surface area (Å²) in [5.74, 6) is 1.93. The molecule has 1 unspecified atom stereocenters. The largest absolute Gasteiger partial charge is 0.313 e. The summed E-state index contributed by atoms with van der Waals surface area (Å²) in [6.45, 7) is 5.38. The van der Waals surface area contributed by atoms with Crippen molar-refractivity contribution < 1.29 is 4.39 Å². The van der Waals surface area contributed by atoms with Gasteiger partial charge in [0.1, 0.15) is 5.82 Å². The molecule has 108 valence electrons. The molecule has 0 amide bonds. The van der Waals surface area contributed by atoms with E-state index in [1.165, 1.54) is 18.2 Å². The van der Waals surface area contributed by atoms with E-state index in [0.29, 0.717) is 6.04 Å². The first kappa shape index (κ1) is 16.8. The number of rotatable bonds is 9. The Kier molecular flexibility index (Phi) is 8.51. The van der Waals surface area contributed by atoms with Gasteiger partial charge < -0.3 is 5.32 Å². The van der Waals surface area contributed by atoms with E-state index in [0.717, 1.165) is 30.7 Å². The fourth-order valence-corrected chi connectivity index (χ4v) is 3.04. The summed E-state index contributed by atoms with van der Waals surface area (Å²) in [6.07, 6.45) is 3.23. The number of halogens is 2. The highest BCUT2D eigenvalue weighted by Gasteiger charge is 2.10. The smallest absolute Gasteiger partial charge is 0.141 e. The van der Waals surface area contributed by atoms with Crippen LogP contribution in [0.2, 0.25) is 5.02 Å². The average molecular weight is 304 g/mol. The quantitative estimate of drug-likeness (QED) is 0.673. The summed E-state index contributed by atoms with van der Waals surface area (Å²) < 4.78 is 13.1. The highest BCUT2D eigenvalue weighted by Crippen LogP contribution is 2.18. The van der Waals surface area contributed by atoms with Crippen LogP contribution in [0.1, 0.15) is 32.3 Å².